The number of carbonyl (C=O) groups is 1. The number of carbonyl (C=O) groups excluding carboxylic acids is 1. The molecule has 1 saturated heterocycles. The molecule has 2 aromatic rings. The van der Waals surface area contributed by atoms with Gasteiger partial charge in [-0.05, 0) is 67.0 Å². The Hall–Kier alpha value is -2.38. The first-order valence-corrected chi connectivity index (χ1v) is 13.4. The number of anilines is 1. The van der Waals surface area contributed by atoms with E-state index < -0.39 is 10.0 Å². The van der Waals surface area contributed by atoms with Gasteiger partial charge in [0.25, 0.3) is 10.0 Å². The van der Waals surface area contributed by atoms with Crippen LogP contribution in [-0.2, 0) is 27.6 Å². The zero-order valence-corrected chi connectivity index (χ0v) is 20.1. The van der Waals surface area contributed by atoms with Crippen LogP contribution >= 0.6 is 0 Å². The first-order chi connectivity index (χ1) is 15.9. The van der Waals surface area contributed by atoms with Crippen LogP contribution in [0.3, 0.4) is 0 Å². The molecule has 0 bridgehead atoms. The van der Waals surface area contributed by atoms with E-state index in [0.717, 1.165) is 36.9 Å². The normalized spacial score (nSPS) is 23.6. The summed E-state index contributed by atoms with van der Waals surface area (Å²) in [6.45, 7) is 5.98. The maximum atomic E-state index is 13.7. The van der Waals surface area contributed by atoms with Crippen molar-refractivity contribution in [3.8, 4) is 5.75 Å². The number of sulfonamides is 1. The number of rotatable bonds is 4. The number of Topliss-reactive ketones (excluding diaryl/α,β-unsaturated/α-hetero) is 1. The number of ketones is 1. The van der Waals surface area contributed by atoms with Gasteiger partial charge < -0.3 is 9.47 Å². The zero-order chi connectivity index (χ0) is 23.2. The number of nitrogens with zero attached hydrogens (tertiary/aromatic N) is 1. The molecule has 0 aliphatic carbocycles. The lowest BCUT2D eigenvalue weighted by molar-refractivity contribution is 0.0119. The van der Waals surface area contributed by atoms with Crippen LogP contribution in [0.5, 0.6) is 5.75 Å². The molecular weight excluding hydrogens is 438 g/mol. The van der Waals surface area contributed by atoms with Crippen LogP contribution in [-0.4, -0.2) is 40.1 Å². The number of hydrogen-bond acceptors (Lipinski definition) is 5. The minimum Gasteiger partial charge on any atom is -0.489 e. The highest BCUT2D eigenvalue weighted by Gasteiger charge is 2.36. The van der Waals surface area contributed by atoms with Crippen molar-refractivity contribution in [2.45, 2.75) is 57.0 Å². The molecule has 7 heteroatoms. The van der Waals surface area contributed by atoms with Crippen molar-refractivity contribution in [3.63, 3.8) is 0 Å². The van der Waals surface area contributed by atoms with Gasteiger partial charge in [-0.25, -0.2) is 8.42 Å². The van der Waals surface area contributed by atoms with Crippen molar-refractivity contribution in [2.24, 2.45) is 11.8 Å². The Morgan fingerprint density at radius 3 is 2.61 bits per heavy atom. The number of benzene rings is 2. The second-order valence-corrected chi connectivity index (χ2v) is 11.4. The molecule has 5 rings (SSSR count). The third-order valence-corrected chi connectivity index (χ3v) is 8.94. The van der Waals surface area contributed by atoms with Gasteiger partial charge in [0.2, 0.25) is 0 Å². The predicted octanol–water partition coefficient (Wildman–Crippen LogP) is 4.40. The van der Waals surface area contributed by atoms with Gasteiger partial charge in [-0.2, -0.15) is 0 Å². The van der Waals surface area contributed by atoms with Gasteiger partial charge in [-0.1, -0.05) is 26.0 Å². The van der Waals surface area contributed by atoms with Crippen molar-refractivity contribution >= 4 is 21.5 Å². The first kappa shape index (κ1) is 22.4. The molecule has 0 N–H and O–H groups in total. The largest absolute Gasteiger partial charge is 0.489 e. The summed E-state index contributed by atoms with van der Waals surface area (Å²) in [5.74, 6) is 0.937. The van der Waals surface area contributed by atoms with E-state index in [2.05, 4.69) is 19.9 Å². The smallest absolute Gasteiger partial charge is 0.264 e. The van der Waals surface area contributed by atoms with Gasteiger partial charge in [0.05, 0.1) is 16.1 Å². The summed E-state index contributed by atoms with van der Waals surface area (Å²) in [6, 6.07) is 10.8. The molecule has 0 radical (unpaired) electrons. The average molecular weight is 470 g/mol. The number of aryl methyl sites for hydroxylation is 1. The van der Waals surface area contributed by atoms with Crippen molar-refractivity contribution < 1.29 is 22.7 Å². The van der Waals surface area contributed by atoms with Gasteiger partial charge in [-0.3, -0.25) is 9.10 Å². The molecule has 0 saturated carbocycles. The zero-order valence-electron chi connectivity index (χ0n) is 19.2. The van der Waals surface area contributed by atoms with E-state index >= 15 is 0 Å². The van der Waals surface area contributed by atoms with Crippen molar-refractivity contribution in [3.05, 3.63) is 53.1 Å². The maximum absolute atomic E-state index is 13.7. The second kappa shape index (κ2) is 8.76. The Morgan fingerprint density at radius 2 is 1.85 bits per heavy atom. The molecule has 2 unspecified atom stereocenters. The number of hydrogen-bond donors (Lipinski definition) is 0. The quantitative estimate of drug-likeness (QED) is 0.664. The van der Waals surface area contributed by atoms with Crippen LogP contribution in [0.25, 0.3) is 0 Å². The van der Waals surface area contributed by atoms with Crippen molar-refractivity contribution in [1.82, 2.24) is 0 Å². The lowest BCUT2D eigenvalue weighted by atomic mass is 9.87. The Morgan fingerprint density at radius 1 is 1.06 bits per heavy atom. The van der Waals surface area contributed by atoms with Gasteiger partial charge >= 0.3 is 0 Å². The Kier molecular flexibility index (Phi) is 5.95. The monoisotopic (exact) mass is 469 g/mol. The minimum atomic E-state index is -3.81. The minimum absolute atomic E-state index is 0.0511. The lowest BCUT2D eigenvalue weighted by Crippen LogP contribution is -2.39. The van der Waals surface area contributed by atoms with Crippen LogP contribution in [0, 0.1) is 11.8 Å². The molecular formula is C26H31NO5S. The van der Waals surface area contributed by atoms with Crippen LogP contribution in [0.4, 0.5) is 5.69 Å². The van der Waals surface area contributed by atoms with Crippen molar-refractivity contribution in [2.75, 3.05) is 24.1 Å². The maximum Gasteiger partial charge on any atom is 0.264 e. The molecule has 3 aliphatic rings. The summed E-state index contributed by atoms with van der Waals surface area (Å²) >= 11 is 0. The number of ether oxygens (including phenoxy) is 2. The van der Waals surface area contributed by atoms with Gasteiger partial charge in [0.15, 0.2) is 5.78 Å². The Bertz CT molecular complexity index is 1170. The standard InChI is InChI=1S/C26H31NO5S/c1-3-18-4-6-23-20(13-18)12-17(2)16-27(23)33(29,30)21-5-7-25-22(14-21)24(28)15-26(32-25)19-8-10-31-11-9-19/h4-7,13-14,17,19,26H,3,8-12,15-16H2,1-2H3. The molecule has 0 aromatic heterocycles. The summed E-state index contributed by atoms with van der Waals surface area (Å²) in [4.78, 5) is 13.1. The molecule has 3 aliphatic heterocycles. The van der Waals surface area contributed by atoms with Crippen molar-refractivity contribution in [1.29, 1.82) is 0 Å². The van der Waals surface area contributed by atoms with Crippen LogP contribution < -0.4 is 9.04 Å². The average Bonchev–Trinajstić information content (AvgIpc) is 2.83. The highest BCUT2D eigenvalue weighted by molar-refractivity contribution is 7.92. The third kappa shape index (κ3) is 4.17. The molecule has 0 spiro atoms. The van der Waals surface area contributed by atoms with Gasteiger partial charge in [0, 0.05) is 32.1 Å². The predicted molar refractivity (Wildman–Crippen MR) is 127 cm³/mol. The van der Waals surface area contributed by atoms with E-state index in [1.807, 2.05) is 12.1 Å². The Balaban J connectivity index is 1.46. The fourth-order valence-corrected chi connectivity index (χ4v) is 6.93. The fourth-order valence-electron chi connectivity index (χ4n) is 5.28. The third-order valence-electron chi connectivity index (χ3n) is 7.16. The summed E-state index contributed by atoms with van der Waals surface area (Å²) in [5.41, 5.74) is 3.38. The fraction of sp³-hybridized carbons (Fsp3) is 0.500. The van der Waals surface area contributed by atoms with E-state index in [-0.39, 0.29) is 29.1 Å². The number of fused-ring (bicyclic) bond motifs is 2. The molecule has 6 nitrogen and oxygen atoms in total. The summed E-state index contributed by atoms with van der Waals surface area (Å²) < 4.78 is 40.5. The van der Waals surface area contributed by atoms with Gasteiger partial charge in [0.1, 0.15) is 11.9 Å². The summed E-state index contributed by atoms with van der Waals surface area (Å²) in [7, 11) is -3.81. The molecule has 2 aromatic carbocycles. The highest BCUT2D eigenvalue weighted by atomic mass is 32.2. The summed E-state index contributed by atoms with van der Waals surface area (Å²) in [6.07, 6.45) is 3.65. The summed E-state index contributed by atoms with van der Waals surface area (Å²) in [5, 5.41) is 0. The molecule has 1 fully saturated rings. The van der Waals surface area contributed by atoms with E-state index in [1.165, 1.54) is 15.9 Å². The van der Waals surface area contributed by atoms with Crippen LogP contribution in [0.15, 0.2) is 41.3 Å². The lowest BCUT2D eigenvalue weighted by Gasteiger charge is -2.35. The SMILES string of the molecule is CCc1ccc2c(c1)CC(C)CN2S(=O)(=O)c1ccc2c(c1)C(=O)CC(C1CCOCC1)O2. The van der Waals surface area contributed by atoms with Crippen LogP contribution in [0.2, 0.25) is 0 Å². The molecule has 3 heterocycles. The molecule has 2 atom stereocenters. The van der Waals surface area contributed by atoms with E-state index in [4.69, 9.17) is 9.47 Å². The van der Waals surface area contributed by atoms with Gasteiger partial charge in [-0.15, -0.1) is 0 Å². The molecule has 176 valence electrons. The van der Waals surface area contributed by atoms with E-state index in [9.17, 15) is 13.2 Å². The second-order valence-electron chi connectivity index (χ2n) is 9.55. The Labute approximate surface area is 195 Å². The van der Waals surface area contributed by atoms with E-state index in [0.29, 0.717) is 37.0 Å². The molecule has 0 amide bonds. The topological polar surface area (TPSA) is 72.9 Å². The molecule has 33 heavy (non-hydrogen) atoms. The first-order valence-electron chi connectivity index (χ1n) is 11.9. The van der Waals surface area contributed by atoms with Crippen LogP contribution in [0.1, 0.15) is 54.6 Å². The highest BCUT2D eigenvalue weighted by Crippen LogP contribution is 2.38. The van der Waals surface area contributed by atoms with E-state index in [1.54, 1.807) is 12.1 Å².